The molecule has 1 aliphatic carbocycles. The van der Waals surface area contributed by atoms with E-state index < -0.39 is 15.8 Å². The van der Waals surface area contributed by atoms with Gasteiger partial charge in [-0.2, -0.15) is 11.6 Å². The fourth-order valence-electron chi connectivity index (χ4n) is 7.15. The number of rotatable bonds is 9. The van der Waals surface area contributed by atoms with E-state index in [1.54, 1.807) is 14.2 Å². The van der Waals surface area contributed by atoms with Crippen LogP contribution in [0.25, 0.3) is 0 Å². The molecule has 260 valence electrons. The van der Waals surface area contributed by atoms with Crippen molar-refractivity contribution in [1.29, 1.82) is 0 Å². The SMILES string of the molecule is COc1c(C)cc(P(c2cc(C)c(OC)c(C)c2)[c-]2cc[c]c2[C@@H](C)P(c2cc(C)cc(C)c2)c2cc(C)cc(C)c2)cc1C.[C]1=C=C=C=[C-]1.[Fe+2]. The van der Waals surface area contributed by atoms with Gasteiger partial charge in [-0.1, -0.05) is 73.5 Å². The molecule has 5 heteroatoms. The number of methoxy groups -OCH3 is 2. The number of allylic oxidation sites excluding steroid dienone is 2. The van der Waals surface area contributed by atoms with Crippen molar-refractivity contribution in [3.8, 4) is 11.5 Å². The predicted octanol–water partition coefficient (Wildman–Crippen LogP) is 9.27. The Morgan fingerprint density at radius 3 is 1.37 bits per heavy atom. The van der Waals surface area contributed by atoms with E-state index in [0.29, 0.717) is 0 Å². The average Bonchev–Trinajstić information content (AvgIpc) is 3.77. The number of hydrogen-bond donors (Lipinski definition) is 0. The molecule has 0 heterocycles. The van der Waals surface area contributed by atoms with Gasteiger partial charge in [-0.05, 0) is 137 Å². The minimum absolute atomic E-state index is 0. The Labute approximate surface area is 319 Å². The zero-order chi connectivity index (χ0) is 36.1. The van der Waals surface area contributed by atoms with Crippen LogP contribution in [0.2, 0.25) is 0 Å². The predicted molar refractivity (Wildman–Crippen MR) is 215 cm³/mol. The minimum Gasteiger partial charge on any atom is -0.496 e. The summed E-state index contributed by atoms with van der Waals surface area (Å²) in [6.07, 6.45) is 5.00. The van der Waals surface area contributed by atoms with E-state index in [4.69, 9.17) is 9.47 Å². The average molecular weight is 749 g/mol. The summed E-state index contributed by atoms with van der Waals surface area (Å²) >= 11 is 0. The van der Waals surface area contributed by atoms with Crippen molar-refractivity contribution < 1.29 is 26.5 Å². The molecule has 51 heavy (non-hydrogen) atoms. The van der Waals surface area contributed by atoms with E-state index >= 15 is 0 Å². The molecule has 0 N–H and O–H groups in total. The summed E-state index contributed by atoms with van der Waals surface area (Å²) in [6.45, 7) is 20.0. The summed E-state index contributed by atoms with van der Waals surface area (Å²) in [6, 6.07) is 31.8. The normalized spacial score (nSPS) is 11.9. The van der Waals surface area contributed by atoms with Crippen molar-refractivity contribution in [3.63, 3.8) is 0 Å². The second kappa shape index (κ2) is 17.7. The molecule has 6 rings (SSSR count). The molecule has 1 aliphatic rings. The molecule has 0 spiro atoms. The first-order chi connectivity index (χ1) is 23.9. The summed E-state index contributed by atoms with van der Waals surface area (Å²) in [5.74, 6) is 1.93. The number of hydrogen-bond acceptors (Lipinski definition) is 2. The molecule has 0 bridgehead atoms. The van der Waals surface area contributed by atoms with Crippen molar-refractivity contribution in [2.24, 2.45) is 0 Å². The van der Waals surface area contributed by atoms with Crippen LogP contribution in [0.3, 0.4) is 0 Å². The van der Waals surface area contributed by atoms with Crippen LogP contribution >= 0.6 is 15.8 Å². The monoisotopic (exact) mass is 748 g/mol. The Bertz CT molecular complexity index is 1960. The third-order valence-corrected chi connectivity index (χ3v) is 14.0. The molecule has 0 aromatic heterocycles. The summed E-state index contributed by atoms with van der Waals surface area (Å²) in [7, 11) is 1.94. The van der Waals surface area contributed by atoms with Gasteiger partial charge in [0.2, 0.25) is 0 Å². The number of aryl methyl sites for hydroxylation is 8. The van der Waals surface area contributed by atoms with Crippen LogP contribution in [0.4, 0.5) is 0 Å². The molecule has 0 saturated carbocycles. The molecule has 0 amide bonds. The Kier molecular flexibility index (Phi) is 13.9. The van der Waals surface area contributed by atoms with E-state index in [0.717, 1.165) is 11.5 Å². The van der Waals surface area contributed by atoms with Gasteiger partial charge in [0.05, 0.1) is 14.2 Å². The molecule has 0 fully saturated rings. The summed E-state index contributed by atoms with van der Waals surface area (Å²) in [5, 5.41) is 6.90. The van der Waals surface area contributed by atoms with Crippen LogP contribution in [-0.2, 0) is 17.1 Å². The van der Waals surface area contributed by atoms with Crippen molar-refractivity contribution in [1.82, 2.24) is 0 Å². The first kappa shape index (κ1) is 40.1. The molecule has 5 aromatic carbocycles. The Morgan fingerprint density at radius 1 is 0.608 bits per heavy atom. The topological polar surface area (TPSA) is 18.5 Å². The second-order valence-corrected chi connectivity index (χ2v) is 17.9. The fourth-order valence-corrected chi connectivity index (χ4v) is 13.2. The molecule has 0 aliphatic heterocycles. The standard InChI is InChI=1S/C41H46O2P2.C5.Fe/c1-25-15-26(2)18-34(17-25)44(35-19-27(3)16-28(4)20-35)33(9)38-13-12-14-39(38)45(36-21-29(5)40(42-10)30(6)22-36)37-23-31(7)41(43-11)32(8)24-37;1-2-4-5-3-1;/h12,14-24,33H,1-11H3;;/q2*-1;+2/t33-;;/m1../s1. The van der Waals surface area contributed by atoms with Crippen molar-refractivity contribution >= 4 is 42.4 Å². The van der Waals surface area contributed by atoms with E-state index in [-0.39, 0.29) is 22.7 Å². The quantitative estimate of drug-likeness (QED) is 0.0648. The maximum Gasteiger partial charge on any atom is 2.00 e. The van der Waals surface area contributed by atoms with Gasteiger partial charge in [0.1, 0.15) is 11.5 Å². The van der Waals surface area contributed by atoms with Crippen molar-refractivity contribution in [3.05, 3.63) is 158 Å². The molecular formula is C46H46FeO2P2. The molecule has 1 atom stereocenters. The molecular weight excluding hydrogens is 702 g/mol. The second-order valence-electron chi connectivity index (χ2n) is 13.2. The van der Waals surface area contributed by atoms with E-state index in [1.165, 1.54) is 76.6 Å². The van der Waals surface area contributed by atoms with Crippen LogP contribution in [0.1, 0.15) is 62.7 Å². The number of benzene rings is 4. The largest absolute Gasteiger partial charge is 2.00 e. The first-order valence-electron chi connectivity index (χ1n) is 16.9. The van der Waals surface area contributed by atoms with Gasteiger partial charge in [-0.25, -0.2) is 17.9 Å². The van der Waals surface area contributed by atoms with Crippen molar-refractivity contribution in [2.45, 2.75) is 68.0 Å². The van der Waals surface area contributed by atoms with E-state index in [2.05, 4.69) is 171 Å². The smallest absolute Gasteiger partial charge is 0.496 e. The van der Waals surface area contributed by atoms with Crippen molar-refractivity contribution in [2.75, 3.05) is 14.2 Å². The van der Waals surface area contributed by atoms with Gasteiger partial charge >= 0.3 is 17.1 Å². The van der Waals surface area contributed by atoms with E-state index in [9.17, 15) is 0 Å². The van der Waals surface area contributed by atoms with E-state index in [1.807, 2.05) is 0 Å². The van der Waals surface area contributed by atoms with Gasteiger partial charge in [0, 0.05) is 0 Å². The summed E-state index contributed by atoms with van der Waals surface area (Å²) < 4.78 is 11.6. The van der Waals surface area contributed by atoms with Gasteiger partial charge < -0.3 is 9.47 Å². The molecule has 0 unspecified atom stereocenters. The molecule has 5 aromatic rings. The first-order valence-corrected chi connectivity index (χ1v) is 19.7. The Balaban J connectivity index is 0.000000894. The third kappa shape index (κ3) is 9.21. The maximum atomic E-state index is 5.79. The van der Waals surface area contributed by atoms with Crippen LogP contribution in [0.15, 0.2) is 90.0 Å². The minimum atomic E-state index is -0.881. The zero-order valence-corrected chi connectivity index (χ0v) is 34.5. The Hall–Kier alpha value is -3.71. The van der Waals surface area contributed by atoms with Crippen LogP contribution in [0.5, 0.6) is 11.5 Å². The fraction of sp³-hybridized carbons (Fsp3) is 0.261. The summed E-state index contributed by atoms with van der Waals surface area (Å²) in [5.41, 5.74) is 19.0. The Morgan fingerprint density at radius 2 is 1.04 bits per heavy atom. The zero-order valence-electron chi connectivity index (χ0n) is 31.6. The molecule has 2 radical (unpaired) electrons. The summed E-state index contributed by atoms with van der Waals surface area (Å²) in [4.78, 5) is 0. The van der Waals surface area contributed by atoms with Crippen LogP contribution < -0.4 is 36.0 Å². The van der Waals surface area contributed by atoms with Crippen LogP contribution in [0, 0.1) is 73.6 Å². The molecule has 2 nitrogen and oxygen atoms in total. The van der Waals surface area contributed by atoms with Gasteiger partial charge in [0.15, 0.2) is 0 Å². The number of ether oxygens (including phenoxy) is 2. The molecule has 0 saturated heterocycles. The maximum absolute atomic E-state index is 5.79. The van der Waals surface area contributed by atoms with Gasteiger partial charge in [-0.3, -0.25) is 11.5 Å². The van der Waals surface area contributed by atoms with Gasteiger partial charge in [-0.15, -0.1) is 17.5 Å². The van der Waals surface area contributed by atoms with Crippen LogP contribution in [-0.4, -0.2) is 14.2 Å². The van der Waals surface area contributed by atoms with Gasteiger partial charge in [0.25, 0.3) is 0 Å². The third-order valence-electron chi connectivity index (χ3n) is 8.90.